The van der Waals surface area contributed by atoms with Crippen LogP contribution in [0.15, 0.2) is 22.7 Å². The molecular weight excluding hydrogens is 355 g/mol. The molecule has 21 heavy (non-hydrogen) atoms. The molecule has 2 aromatic rings. The number of nitrogens with one attached hydrogen (secondary N) is 1. The second kappa shape index (κ2) is 6.32. The third kappa shape index (κ3) is 3.55. The van der Waals surface area contributed by atoms with Gasteiger partial charge in [-0.15, -0.1) is 0 Å². The number of nitrogens with zero attached hydrogens (tertiary/aromatic N) is 1. The largest absolute Gasteiger partial charge is 0.376 e. The van der Waals surface area contributed by atoms with Crippen LogP contribution in [-0.4, -0.2) is 4.98 Å². The number of aromatic nitrogens is 1. The van der Waals surface area contributed by atoms with Crippen molar-refractivity contribution in [3.63, 3.8) is 0 Å². The molecule has 2 rings (SSSR count). The van der Waals surface area contributed by atoms with Crippen LogP contribution < -0.4 is 5.32 Å². The number of aryl methyl sites for hydroxylation is 3. The molecule has 1 aromatic carbocycles. The van der Waals surface area contributed by atoms with Gasteiger partial charge >= 0.3 is 0 Å². The molecule has 5 heteroatoms. The molecule has 2 nitrogen and oxygen atoms in total. The minimum Gasteiger partial charge on any atom is -0.376 e. The molecule has 1 aromatic heterocycles. The molecule has 0 aliphatic carbocycles. The van der Waals surface area contributed by atoms with Crippen LogP contribution in [-0.2, 0) is 0 Å². The fourth-order valence-corrected chi connectivity index (χ4v) is 3.58. The SMILES string of the molecule is Cc1cc(C)c(C(C)Nc2c(Cl)cc(F)cc2Br)c(C)n1. The summed E-state index contributed by atoms with van der Waals surface area (Å²) in [5.74, 6) is -0.366. The maximum Gasteiger partial charge on any atom is 0.125 e. The van der Waals surface area contributed by atoms with Gasteiger partial charge in [-0.05, 0) is 73.0 Å². The van der Waals surface area contributed by atoms with Gasteiger partial charge in [0.25, 0.3) is 0 Å². The average Bonchev–Trinajstić information content (AvgIpc) is 2.32. The van der Waals surface area contributed by atoms with Crippen molar-refractivity contribution in [2.75, 3.05) is 5.32 Å². The molecular formula is C16H17BrClFN2. The van der Waals surface area contributed by atoms with Gasteiger partial charge in [-0.2, -0.15) is 0 Å². The third-order valence-corrected chi connectivity index (χ3v) is 4.31. The van der Waals surface area contributed by atoms with E-state index in [-0.39, 0.29) is 11.9 Å². The normalized spacial score (nSPS) is 12.3. The highest BCUT2D eigenvalue weighted by atomic mass is 79.9. The molecule has 0 spiro atoms. The maximum absolute atomic E-state index is 13.3. The highest BCUT2D eigenvalue weighted by Crippen LogP contribution is 2.35. The molecule has 0 amide bonds. The molecule has 0 bridgehead atoms. The summed E-state index contributed by atoms with van der Waals surface area (Å²) in [5, 5.41) is 3.69. The molecule has 1 atom stereocenters. The summed E-state index contributed by atoms with van der Waals surface area (Å²) in [6, 6.07) is 4.77. The van der Waals surface area contributed by atoms with E-state index in [1.807, 2.05) is 20.8 Å². The molecule has 0 aliphatic heterocycles. The van der Waals surface area contributed by atoms with Gasteiger partial charge in [0.1, 0.15) is 5.82 Å². The zero-order valence-electron chi connectivity index (χ0n) is 12.4. The monoisotopic (exact) mass is 370 g/mol. The summed E-state index contributed by atoms with van der Waals surface area (Å²) >= 11 is 9.47. The Kier molecular flexibility index (Phi) is 4.89. The van der Waals surface area contributed by atoms with Gasteiger partial charge < -0.3 is 5.32 Å². The molecule has 1 N–H and O–H groups in total. The molecule has 0 fully saturated rings. The van der Waals surface area contributed by atoms with Crippen molar-refractivity contribution in [1.29, 1.82) is 0 Å². The van der Waals surface area contributed by atoms with E-state index < -0.39 is 0 Å². The summed E-state index contributed by atoms with van der Waals surface area (Å²) in [6.45, 7) is 8.08. The summed E-state index contributed by atoms with van der Waals surface area (Å²) in [7, 11) is 0. The van der Waals surface area contributed by atoms with E-state index in [1.54, 1.807) is 0 Å². The Labute approximate surface area is 137 Å². The fourth-order valence-electron chi connectivity index (χ4n) is 2.66. The van der Waals surface area contributed by atoms with E-state index in [1.165, 1.54) is 17.7 Å². The molecule has 1 unspecified atom stereocenters. The van der Waals surface area contributed by atoms with E-state index in [0.29, 0.717) is 15.2 Å². The Morgan fingerprint density at radius 1 is 1.24 bits per heavy atom. The molecule has 112 valence electrons. The van der Waals surface area contributed by atoms with Gasteiger partial charge in [-0.3, -0.25) is 4.98 Å². The lowest BCUT2D eigenvalue weighted by Crippen LogP contribution is -2.12. The number of hydrogen-bond acceptors (Lipinski definition) is 2. The Morgan fingerprint density at radius 3 is 2.48 bits per heavy atom. The highest BCUT2D eigenvalue weighted by Gasteiger charge is 2.16. The molecule has 0 saturated heterocycles. The number of hydrogen-bond donors (Lipinski definition) is 1. The number of pyridine rings is 1. The summed E-state index contributed by atoms with van der Waals surface area (Å²) in [5.41, 5.74) is 4.98. The van der Waals surface area contributed by atoms with Gasteiger partial charge in [0.2, 0.25) is 0 Å². The van der Waals surface area contributed by atoms with Crippen molar-refractivity contribution in [1.82, 2.24) is 4.98 Å². The van der Waals surface area contributed by atoms with Crippen molar-refractivity contribution in [2.24, 2.45) is 0 Å². The first-order valence-electron chi connectivity index (χ1n) is 6.65. The van der Waals surface area contributed by atoms with Crippen LogP contribution in [0.1, 0.15) is 35.5 Å². The predicted molar refractivity (Wildman–Crippen MR) is 89.6 cm³/mol. The quantitative estimate of drug-likeness (QED) is 0.744. The molecule has 1 heterocycles. The zero-order chi connectivity index (χ0) is 15.7. The van der Waals surface area contributed by atoms with Gasteiger partial charge in [0.15, 0.2) is 0 Å². The Morgan fingerprint density at radius 2 is 1.90 bits per heavy atom. The standard InChI is InChI=1S/C16H17BrClFN2/c1-8-5-9(2)20-10(3)15(8)11(4)21-16-13(17)6-12(19)7-14(16)18/h5-7,11,21H,1-4H3. The van der Waals surface area contributed by atoms with Crippen LogP contribution in [0.3, 0.4) is 0 Å². The molecule has 0 radical (unpaired) electrons. The van der Waals surface area contributed by atoms with Gasteiger partial charge in [0, 0.05) is 15.9 Å². The van der Waals surface area contributed by atoms with Gasteiger partial charge in [-0.1, -0.05) is 11.6 Å². The number of halogens is 3. The maximum atomic E-state index is 13.3. The van der Waals surface area contributed by atoms with E-state index in [9.17, 15) is 4.39 Å². The summed E-state index contributed by atoms with van der Waals surface area (Å²) in [6.07, 6.45) is 0. The Hall–Kier alpha value is -1.13. The van der Waals surface area contributed by atoms with Crippen molar-refractivity contribution in [3.8, 4) is 0 Å². The lowest BCUT2D eigenvalue weighted by atomic mass is 10.00. The summed E-state index contributed by atoms with van der Waals surface area (Å²) < 4.78 is 13.9. The Balaban J connectivity index is 2.37. The number of rotatable bonds is 3. The summed E-state index contributed by atoms with van der Waals surface area (Å²) in [4.78, 5) is 4.51. The van der Waals surface area contributed by atoms with E-state index in [0.717, 1.165) is 17.0 Å². The van der Waals surface area contributed by atoms with Crippen molar-refractivity contribution in [2.45, 2.75) is 33.7 Å². The fraction of sp³-hybridized carbons (Fsp3) is 0.312. The van der Waals surface area contributed by atoms with Crippen LogP contribution in [0.4, 0.5) is 10.1 Å². The second-order valence-corrected chi connectivity index (χ2v) is 6.45. The third-order valence-electron chi connectivity index (χ3n) is 3.38. The average molecular weight is 372 g/mol. The van der Waals surface area contributed by atoms with Crippen LogP contribution in [0.5, 0.6) is 0 Å². The number of anilines is 1. The minimum absolute atomic E-state index is 0.0114. The van der Waals surface area contributed by atoms with Crippen LogP contribution in [0.25, 0.3) is 0 Å². The smallest absolute Gasteiger partial charge is 0.125 e. The zero-order valence-corrected chi connectivity index (χ0v) is 14.7. The minimum atomic E-state index is -0.366. The highest BCUT2D eigenvalue weighted by molar-refractivity contribution is 9.10. The lowest BCUT2D eigenvalue weighted by molar-refractivity contribution is 0.627. The van der Waals surface area contributed by atoms with Crippen molar-refractivity contribution >= 4 is 33.2 Å². The molecule has 0 saturated carbocycles. The Bertz CT molecular complexity index is 642. The van der Waals surface area contributed by atoms with Crippen LogP contribution >= 0.6 is 27.5 Å². The van der Waals surface area contributed by atoms with Crippen LogP contribution in [0.2, 0.25) is 5.02 Å². The van der Waals surface area contributed by atoms with E-state index >= 15 is 0 Å². The van der Waals surface area contributed by atoms with E-state index in [2.05, 4.69) is 39.2 Å². The second-order valence-electron chi connectivity index (χ2n) is 5.19. The van der Waals surface area contributed by atoms with E-state index in [4.69, 9.17) is 11.6 Å². The first-order valence-corrected chi connectivity index (χ1v) is 7.82. The van der Waals surface area contributed by atoms with Crippen molar-refractivity contribution < 1.29 is 4.39 Å². The number of benzene rings is 1. The first kappa shape index (κ1) is 16.2. The van der Waals surface area contributed by atoms with Crippen LogP contribution in [0, 0.1) is 26.6 Å². The lowest BCUT2D eigenvalue weighted by Gasteiger charge is -2.21. The first-order chi connectivity index (χ1) is 9.79. The molecule has 0 aliphatic rings. The van der Waals surface area contributed by atoms with Gasteiger partial charge in [-0.25, -0.2) is 4.39 Å². The van der Waals surface area contributed by atoms with Crippen molar-refractivity contribution in [3.05, 3.63) is 56.0 Å². The predicted octanol–water partition coefficient (Wildman–Crippen LogP) is 5.73. The van der Waals surface area contributed by atoms with Gasteiger partial charge in [0.05, 0.1) is 16.8 Å². The topological polar surface area (TPSA) is 24.9 Å².